The fourth-order valence-corrected chi connectivity index (χ4v) is 2.59. The molecule has 0 bridgehead atoms. The van der Waals surface area contributed by atoms with Gasteiger partial charge in [0.2, 0.25) is 0 Å². The summed E-state index contributed by atoms with van der Waals surface area (Å²) in [6, 6.07) is 8.87. The van der Waals surface area contributed by atoms with Crippen LogP contribution in [0.2, 0.25) is 0 Å². The smallest absolute Gasteiger partial charge is 0.0679 e. The van der Waals surface area contributed by atoms with E-state index in [1.54, 1.807) is 0 Å². The number of rotatable bonds is 3. The Hall–Kier alpha value is -0.690. The third-order valence-electron chi connectivity index (χ3n) is 2.44. The molecule has 0 aliphatic carbocycles. The van der Waals surface area contributed by atoms with Crippen molar-refractivity contribution in [1.82, 2.24) is 0 Å². The summed E-state index contributed by atoms with van der Waals surface area (Å²) in [4.78, 5) is 0. The van der Waals surface area contributed by atoms with Crippen molar-refractivity contribution in [2.24, 2.45) is 0 Å². The molecule has 0 N–H and O–H groups in total. The number of aryl methyl sites for hydroxylation is 1. The lowest BCUT2D eigenvalue weighted by Gasteiger charge is -2.08. The molecular formula is C14H21S+. The zero-order valence-electron chi connectivity index (χ0n) is 10.4. The van der Waals surface area contributed by atoms with E-state index >= 15 is 0 Å². The highest BCUT2D eigenvalue weighted by molar-refractivity contribution is 7.95. The van der Waals surface area contributed by atoms with Crippen molar-refractivity contribution in [2.45, 2.75) is 20.8 Å². The molecule has 0 saturated carbocycles. The Morgan fingerprint density at radius 2 is 1.60 bits per heavy atom. The maximum Gasteiger partial charge on any atom is 0.133 e. The molecule has 0 fully saturated rings. The van der Waals surface area contributed by atoms with Crippen LogP contribution in [-0.2, 0) is 10.9 Å². The first-order chi connectivity index (χ1) is 7.00. The van der Waals surface area contributed by atoms with E-state index in [0.717, 1.165) is 0 Å². The van der Waals surface area contributed by atoms with Crippen LogP contribution in [0.1, 0.15) is 25.0 Å². The third-order valence-corrected chi connectivity index (χ3v) is 3.30. The highest BCUT2D eigenvalue weighted by Gasteiger charge is 2.11. The molecule has 0 amide bonds. The van der Waals surface area contributed by atoms with E-state index in [1.165, 1.54) is 28.0 Å². The molecule has 1 aromatic rings. The van der Waals surface area contributed by atoms with Crippen LogP contribution in [0.25, 0.3) is 5.57 Å². The van der Waals surface area contributed by atoms with Gasteiger partial charge in [-0.05, 0) is 37.2 Å². The topological polar surface area (TPSA) is 0 Å². The summed E-state index contributed by atoms with van der Waals surface area (Å²) in [6.45, 7) is 6.56. The highest BCUT2D eigenvalue weighted by Crippen LogP contribution is 2.20. The average Bonchev–Trinajstić information content (AvgIpc) is 2.15. The molecule has 0 unspecified atom stereocenters. The van der Waals surface area contributed by atoms with E-state index in [4.69, 9.17) is 0 Å². The molecule has 0 radical (unpaired) electrons. The van der Waals surface area contributed by atoms with Gasteiger partial charge in [-0.3, -0.25) is 0 Å². The van der Waals surface area contributed by atoms with Crippen molar-refractivity contribution in [3.8, 4) is 0 Å². The van der Waals surface area contributed by atoms with Crippen molar-refractivity contribution in [3.05, 3.63) is 41.0 Å². The number of hydrogen-bond acceptors (Lipinski definition) is 0. The van der Waals surface area contributed by atoms with Gasteiger partial charge in [0.1, 0.15) is 5.75 Å². The van der Waals surface area contributed by atoms with Gasteiger partial charge in [0.25, 0.3) is 0 Å². The van der Waals surface area contributed by atoms with E-state index < -0.39 is 0 Å². The van der Waals surface area contributed by atoms with Gasteiger partial charge in [-0.1, -0.05) is 35.4 Å². The Bertz CT molecular complexity index is 340. The van der Waals surface area contributed by atoms with Crippen molar-refractivity contribution in [3.63, 3.8) is 0 Å². The summed E-state index contributed by atoms with van der Waals surface area (Å²) >= 11 is 0. The van der Waals surface area contributed by atoms with Gasteiger partial charge in [-0.15, -0.1) is 0 Å². The largest absolute Gasteiger partial charge is 0.133 e. The summed E-state index contributed by atoms with van der Waals surface area (Å²) in [6.07, 6.45) is 4.61. The number of hydrogen-bond donors (Lipinski definition) is 0. The molecule has 0 spiro atoms. The third kappa shape index (κ3) is 3.75. The van der Waals surface area contributed by atoms with Gasteiger partial charge < -0.3 is 0 Å². The van der Waals surface area contributed by atoms with Crippen LogP contribution in [-0.4, -0.2) is 18.3 Å². The van der Waals surface area contributed by atoms with Crippen LogP contribution in [0.15, 0.2) is 29.8 Å². The van der Waals surface area contributed by atoms with Gasteiger partial charge in [0, 0.05) is 5.57 Å². The summed E-state index contributed by atoms with van der Waals surface area (Å²) in [5, 5.41) is 0. The molecule has 0 aromatic heterocycles. The van der Waals surface area contributed by atoms with Crippen molar-refractivity contribution < 1.29 is 0 Å². The minimum Gasteiger partial charge on any atom is -0.0679 e. The molecule has 1 aromatic carbocycles. The van der Waals surface area contributed by atoms with Gasteiger partial charge in [0.05, 0.1) is 12.5 Å². The maximum atomic E-state index is 2.30. The second-order valence-electron chi connectivity index (χ2n) is 4.47. The lowest BCUT2D eigenvalue weighted by Crippen LogP contribution is -2.05. The molecule has 0 atom stereocenters. The zero-order valence-corrected chi connectivity index (χ0v) is 11.2. The fraction of sp³-hybridized carbons (Fsp3) is 0.429. The predicted molar refractivity (Wildman–Crippen MR) is 73.5 cm³/mol. The van der Waals surface area contributed by atoms with E-state index in [2.05, 4.69) is 57.5 Å². The second kappa shape index (κ2) is 5.41. The summed E-state index contributed by atoms with van der Waals surface area (Å²) in [7, 11) is 0.470. The molecule has 0 aliphatic heterocycles. The molecule has 15 heavy (non-hydrogen) atoms. The number of benzene rings is 1. The number of allylic oxidation sites excluding steroid dienone is 1. The minimum absolute atomic E-state index is 0.470. The maximum absolute atomic E-state index is 2.30. The van der Waals surface area contributed by atoms with Crippen LogP contribution in [0, 0.1) is 6.92 Å². The fourth-order valence-electron chi connectivity index (χ4n) is 1.56. The molecular weight excluding hydrogens is 200 g/mol. The van der Waals surface area contributed by atoms with Crippen LogP contribution < -0.4 is 0 Å². The molecule has 0 heterocycles. The molecule has 1 rings (SSSR count). The minimum atomic E-state index is 0.470. The lowest BCUT2D eigenvalue weighted by molar-refractivity contribution is 1.36. The Balaban J connectivity index is 3.01. The standard InChI is InChI=1S/C14H21S/c1-11(2)14(10-15(4)5)13-8-6-12(3)7-9-13/h6-9H,10H2,1-5H3/q+1. The summed E-state index contributed by atoms with van der Waals surface area (Å²) in [5.74, 6) is 1.20. The van der Waals surface area contributed by atoms with Crippen molar-refractivity contribution in [1.29, 1.82) is 0 Å². The van der Waals surface area contributed by atoms with Gasteiger partial charge in [-0.2, -0.15) is 0 Å². The van der Waals surface area contributed by atoms with E-state index in [-0.39, 0.29) is 0 Å². The second-order valence-corrected chi connectivity index (χ2v) is 6.73. The molecule has 0 nitrogen and oxygen atoms in total. The Morgan fingerprint density at radius 1 is 1.07 bits per heavy atom. The quantitative estimate of drug-likeness (QED) is 0.683. The van der Waals surface area contributed by atoms with E-state index in [1.807, 2.05) is 0 Å². The highest BCUT2D eigenvalue weighted by atomic mass is 32.2. The first-order valence-corrected chi connectivity index (χ1v) is 7.49. The monoisotopic (exact) mass is 221 g/mol. The Kier molecular flexibility index (Phi) is 4.46. The Morgan fingerprint density at radius 3 is 2.00 bits per heavy atom. The van der Waals surface area contributed by atoms with Crippen LogP contribution in [0.5, 0.6) is 0 Å². The van der Waals surface area contributed by atoms with Gasteiger partial charge in [-0.25, -0.2) is 0 Å². The van der Waals surface area contributed by atoms with E-state index in [9.17, 15) is 0 Å². The van der Waals surface area contributed by atoms with Crippen LogP contribution in [0.4, 0.5) is 0 Å². The summed E-state index contributed by atoms with van der Waals surface area (Å²) < 4.78 is 0. The van der Waals surface area contributed by atoms with Gasteiger partial charge in [0.15, 0.2) is 0 Å². The Labute approximate surface area is 96.8 Å². The van der Waals surface area contributed by atoms with Crippen molar-refractivity contribution >= 4 is 16.5 Å². The van der Waals surface area contributed by atoms with E-state index in [0.29, 0.717) is 10.9 Å². The molecule has 1 heteroatoms. The zero-order chi connectivity index (χ0) is 11.4. The molecule has 0 aliphatic rings. The first-order valence-electron chi connectivity index (χ1n) is 5.28. The SMILES string of the molecule is CC(C)=C(C[S+](C)C)c1ccc(C)cc1. The lowest BCUT2D eigenvalue weighted by atomic mass is 10.0. The summed E-state index contributed by atoms with van der Waals surface area (Å²) in [5.41, 5.74) is 5.68. The molecule has 0 saturated heterocycles. The van der Waals surface area contributed by atoms with Crippen LogP contribution >= 0.6 is 0 Å². The normalized spacial score (nSPS) is 10.5. The van der Waals surface area contributed by atoms with Crippen LogP contribution in [0.3, 0.4) is 0 Å². The predicted octanol–water partition coefficient (Wildman–Crippen LogP) is 3.67. The first kappa shape index (κ1) is 12.4. The molecule has 82 valence electrons. The van der Waals surface area contributed by atoms with Gasteiger partial charge >= 0.3 is 0 Å². The van der Waals surface area contributed by atoms with Crippen molar-refractivity contribution in [2.75, 3.05) is 18.3 Å². The average molecular weight is 221 g/mol.